The fraction of sp³-hybridized carbons (Fsp3) is 0.435. The van der Waals surface area contributed by atoms with Crippen LogP contribution in [0.25, 0.3) is 0 Å². The van der Waals surface area contributed by atoms with E-state index in [4.69, 9.17) is 4.74 Å². The van der Waals surface area contributed by atoms with Gasteiger partial charge in [0.05, 0.1) is 12.8 Å². The van der Waals surface area contributed by atoms with E-state index >= 15 is 0 Å². The average molecular weight is 476 g/mol. The first-order chi connectivity index (χ1) is 12.9. The largest absolute Gasteiger partial charge is 0.496 e. The van der Waals surface area contributed by atoms with Crippen molar-refractivity contribution in [1.82, 2.24) is 0 Å². The second kappa shape index (κ2) is 8.21. The van der Waals surface area contributed by atoms with Gasteiger partial charge in [0, 0.05) is 39.2 Å². The van der Waals surface area contributed by atoms with Crippen LogP contribution in [0.4, 0.5) is 11.4 Å². The molecule has 1 aliphatic rings. The first-order valence-electron chi connectivity index (χ1n) is 9.65. The molecule has 0 N–H and O–H groups in total. The van der Waals surface area contributed by atoms with E-state index in [1.54, 1.807) is 7.11 Å². The number of methoxy groups -OCH3 is 1. The molecule has 27 heavy (non-hydrogen) atoms. The van der Waals surface area contributed by atoms with Crippen LogP contribution in [0.1, 0.15) is 57.6 Å². The van der Waals surface area contributed by atoms with Crippen molar-refractivity contribution in [2.75, 3.05) is 18.6 Å². The highest BCUT2D eigenvalue weighted by Gasteiger charge is 2.36. The molecule has 0 fully saturated rings. The summed E-state index contributed by atoms with van der Waals surface area (Å²) in [5.41, 5.74) is 4.86. The van der Waals surface area contributed by atoms with Crippen molar-refractivity contribution in [2.45, 2.75) is 52.0 Å². The van der Waals surface area contributed by atoms with Gasteiger partial charge in [0.2, 0.25) is 0 Å². The van der Waals surface area contributed by atoms with Crippen LogP contribution in [0, 0.1) is 3.57 Å². The lowest BCUT2D eigenvalue weighted by Crippen LogP contribution is -2.48. The smallest absolute Gasteiger partial charge is 0.129 e. The Bertz CT molecular complexity index is 827. The van der Waals surface area contributed by atoms with Gasteiger partial charge in [-0.25, -0.2) is 0 Å². The highest BCUT2D eigenvalue weighted by atomic mass is 127. The zero-order valence-corrected chi connectivity index (χ0v) is 19.1. The molecule has 3 rings (SSSR count). The van der Waals surface area contributed by atoms with Gasteiger partial charge in [0.25, 0.3) is 0 Å². The fourth-order valence-electron chi connectivity index (χ4n) is 4.12. The normalized spacial score (nSPS) is 18.6. The number of hydrogen-bond acceptors (Lipinski definition) is 3. The van der Waals surface area contributed by atoms with Crippen molar-refractivity contribution >= 4 is 40.2 Å². The summed E-state index contributed by atoms with van der Waals surface area (Å²) < 4.78 is 6.94. The van der Waals surface area contributed by atoms with Gasteiger partial charge in [-0.1, -0.05) is 13.8 Å². The van der Waals surface area contributed by atoms with E-state index < -0.39 is 0 Å². The molecule has 0 amide bonds. The molecule has 3 nitrogen and oxygen atoms in total. The van der Waals surface area contributed by atoms with Crippen LogP contribution in [-0.2, 0) is 0 Å². The molecule has 1 aliphatic heterocycles. The summed E-state index contributed by atoms with van der Waals surface area (Å²) in [6, 6.07) is 12.7. The van der Waals surface area contributed by atoms with Gasteiger partial charge in [-0.3, -0.25) is 4.99 Å². The number of ether oxygens (including phenoxy) is 1. The summed E-state index contributed by atoms with van der Waals surface area (Å²) in [4.78, 5) is 7.21. The van der Waals surface area contributed by atoms with Crippen LogP contribution in [0.3, 0.4) is 0 Å². The topological polar surface area (TPSA) is 24.8 Å². The minimum Gasteiger partial charge on any atom is -0.496 e. The number of anilines is 1. The predicted octanol–water partition coefficient (Wildman–Crippen LogP) is 6.55. The second-order valence-electron chi connectivity index (χ2n) is 7.96. The second-order valence-corrected chi connectivity index (χ2v) is 9.20. The molecule has 4 heteroatoms. The van der Waals surface area contributed by atoms with E-state index in [0.29, 0.717) is 5.92 Å². The Morgan fingerprint density at radius 1 is 1.26 bits per heavy atom. The average Bonchev–Trinajstić information content (AvgIpc) is 2.63. The minimum absolute atomic E-state index is 0.157. The zero-order chi connectivity index (χ0) is 19.6. The van der Waals surface area contributed by atoms with Crippen molar-refractivity contribution in [3.8, 4) is 5.75 Å². The summed E-state index contributed by atoms with van der Waals surface area (Å²) in [5, 5.41) is 0. The van der Waals surface area contributed by atoms with E-state index in [1.165, 1.54) is 14.8 Å². The molecule has 2 aromatic carbocycles. The van der Waals surface area contributed by atoms with Crippen LogP contribution in [0.5, 0.6) is 5.75 Å². The Hall–Kier alpha value is -1.56. The molecular formula is C23H29IN2O. The zero-order valence-electron chi connectivity index (χ0n) is 16.9. The number of aliphatic imine (C=N–C) groups is 1. The van der Waals surface area contributed by atoms with Gasteiger partial charge in [0.15, 0.2) is 0 Å². The first-order valence-corrected chi connectivity index (χ1v) is 10.7. The Labute approximate surface area is 177 Å². The van der Waals surface area contributed by atoms with Crippen LogP contribution in [0.2, 0.25) is 0 Å². The Morgan fingerprint density at radius 3 is 2.59 bits per heavy atom. The third-order valence-electron chi connectivity index (χ3n) is 5.36. The maximum absolute atomic E-state index is 5.73. The van der Waals surface area contributed by atoms with Gasteiger partial charge in [-0.2, -0.15) is 0 Å². The lowest BCUT2D eigenvalue weighted by molar-refractivity contribution is 0.372. The molecule has 0 saturated heterocycles. The third kappa shape index (κ3) is 4.31. The maximum atomic E-state index is 5.73. The van der Waals surface area contributed by atoms with Crippen molar-refractivity contribution in [2.24, 2.45) is 4.99 Å². The van der Waals surface area contributed by atoms with Crippen molar-refractivity contribution < 1.29 is 4.74 Å². The van der Waals surface area contributed by atoms with E-state index in [0.717, 1.165) is 36.4 Å². The van der Waals surface area contributed by atoms with Crippen molar-refractivity contribution in [1.29, 1.82) is 0 Å². The quantitative estimate of drug-likeness (QED) is 0.361. The molecule has 0 spiro atoms. The van der Waals surface area contributed by atoms with E-state index in [9.17, 15) is 0 Å². The van der Waals surface area contributed by atoms with Crippen LogP contribution >= 0.6 is 22.6 Å². The first kappa shape index (κ1) is 20.2. The van der Waals surface area contributed by atoms with Crippen LogP contribution in [-0.4, -0.2) is 25.4 Å². The standard InChI is InChI=1S/C23H29IN2O/c1-6-11-26-21-13-22(27-5)17(12-20(21)16(2)14-23(26,3)4)15-25-19-9-7-18(24)8-10-19/h7-10,12-13,15-16H,6,11,14H2,1-5H3. The molecule has 1 atom stereocenters. The Balaban J connectivity index is 2.03. The molecular weight excluding hydrogens is 447 g/mol. The maximum Gasteiger partial charge on any atom is 0.129 e. The lowest BCUT2D eigenvalue weighted by atomic mass is 9.79. The number of halogens is 1. The minimum atomic E-state index is 0.157. The lowest BCUT2D eigenvalue weighted by Gasteiger charge is -2.47. The molecule has 144 valence electrons. The summed E-state index contributed by atoms with van der Waals surface area (Å²) >= 11 is 2.31. The molecule has 0 saturated carbocycles. The summed E-state index contributed by atoms with van der Waals surface area (Å²) in [5.74, 6) is 1.40. The number of benzene rings is 2. The third-order valence-corrected chi connectivity index (χ3v) is 6.08. The van der Waals surface area contributed by atoms with Crippen molar-refractivity contribution in [3.63, 3.8) is 0 Å². The van der Waals surface area contributed by atoms with Crippen LogP contribution < -0.4 is 9.64 Å². The van der Waals surface area contributed by atoms with Gasteiger partial charge in [-0.05, 0) is 91.1 Å². The fourth-order valence-corrected chi connectivity index (χ4v) is 4.48. The molecule has 0 bridgehead atoms. The number of hydrogen-bond donors (Lipinski definition) is 0. The predicted molar refractivity (Wildman–Crippen MR) is 124 cm³/mol. The molecule has 2 aromatic rings. The summed E-state index contributed by atoms with van der Waals surface area (Å²) in [6.07, 6.45) is 4.22. The SMILES string of the molecule is CCCN1c2cc(OC)c(C=Nc3ccc(I)cc3)cc2C(C)CC1(C)C. The highest BCUT2D eigenvalue weighted by Crippen LogP contribution is 2.45. The monoisotopic (exact) mass is 476 g/mol. The van der Waals surface area contributed by atoms with Gasteiger partial charge < -0.3 is 9.64 Å². The molecule has 0 aromatic heterocycles. The highest BCUT2D eigenvalue weighted by molar-refractivity contribution is 14.1. The molecule has 1 unspecified atom stereocenters. The molecule has 1 heterocycles. The van der Waals surface area contributed by atoms with E-state index in [-0.39, 0.29) is 5.54 Å². The molecule has 0 aliphatic carbocycles. The van der Waals surface area contributed by atoms with Gasteiger partial charge in [-0.15, -0.1) is 0 Å². The van der Waals surface area contributed by atoms with Crippen LogP contribution in [0.15, 0.2) is 41.4 Å². The Morgan fingerprint density at radius 2 is 1.96 bits per heavy atom. The Kier molecular flexibility index (Phi) is 6.14. The van der Waals surface area contributed by atoms with E-state index in [2.05, 4.69) is 84.4 Å². The summed E-state index contributed by atoms with van der Waals surface area (Å²) in [6.45, 7) is 10.3. The molecule has 0 radical (unpaired) electrons. The number of nitrogens with zero attached hydrogens (tertiary/aromatic N) is 2. The van der Waals surface area contributed by atoms with Crippen molar-refractivity contribution in [3.05, 3.63) is 51.1 Å². The summed E-state index contributed by atoms with van der Waals surface area (Å²) in [7, 11) is 1.74. The van der Waals surface area contributed by atoms with Gasteiger partial charge in [0.1, 0.15) is 5.75 Å². The number of rotatable bonds is 5. The van der Waals surface area contributed by atoms with Gasteiger partial charge >= 0.3 is 0 Å². The van der Waals surface area contributed by atoms with E-state index in [1.807, 2.05) is 18.3 Å². The number of fused-ring (bicyclic) bond motifs is 1.